The Kier molecular flexibility index (Phi) is 3.46. The van der Waals surface area contributed by atoms with Crippen LogP contribution in [-0.4, -0.2) is 0 Å². The molecule has 0 aromatic rings. The fraction of sp³-hybridized carbons (Fsp3) is 0.778. The predicted octanol–water partition coefficient (Wildman–Crippen LogP) is 3.09. The molecular weight excluding hydrogens is 183 g/mol. The number of hydrogen-bond donors (Lipinski definition) is 0. The van der Waals surface area contributed by atoms with Gasteiger partial charge < -0.3 is 0 Å². The number of hydrogen-bond acceptors (Lipinski definition) is 1. The Morgan fingerprint density at radius 2 is 1.91 bits per heavy atom. The zero-order chi connectivity index (χ0) is 8.27. The standard InChI is InChI=1S/C7H13.C2H3.Co.O/c1-7-5-3-2-4-6-7;1-2;;/h2,7H,3-6H2,1H3;1H,2H2;;. The summed E-state index contributed by atoms with van der Waals surface area (Å²) in [6.07, 6.45) is 4.78. The van der Waals surface area contributed by atoms with Crippen molar-refractivity contribution in [2.24, 2.45) is 5.92 Å². The molecule has 1 nitrogen and oxygen atoms in total. The van der Waals surface area contributed by atoms with Crippen molar-refractivity contribution in [1.29, 1.82) is 0 Å². The van der Waals surface area contributed by atoms with Crippen molar-refractivity contribution in [2.75, 3.05) is 0 Å². The Hall–Kier alpha value is 0.0465. The van der Waals surface area contributed by atoms with Gasteiger partial charge in [0.25, 0.3) is 0 Å². The minimum absolute atomic E-state index is 0.441. The Labute approximate surface area is 72.8 Å². The van der Waals surface area contributed by atoms with Crippen molar-refractivity contribution in [2.45, 2.75) is 37.5 Å². The van der Waals surface area contributed by atoms with Crippen LogP contribution in [0.1, 0.15) is 32.6 Å². The van der Waals surface area contributed by atoms with E-state index in [2.05, 4.69) is 13.5 Å². The fourth-order valence-corrected chi connectivity index (χ4v) is 2.79. The van der Waals surface area contributed by atoms with Gasteiger partial charge >= 0.3 is 72.4 Å². The van der Waals surface area contributed by atoms with E-state index >= 15 is 0 Å². The average molecular weight is 199 g/mol. The van der Waals surface area contributed by atoms with Gasteiger partial charge in [0.2, 0.25) is 0 Å². The monoisotopic (exact) mass is 199 g/mol. The molecule has 0 unspecified atom stereocenters. The van der Waals surface area contributed by atoms with Crippen LogP contribution in [0.2, 0.25) is 4.85 Å². The molecule has 0 bridgehead atoms. The predicted molar refractivity (Wildman–Crippen MR) is 42.3 cm³/mol. The van der Waals surface area contributed by atoms with Crippen LogP contribution in [0.3, 0.4) is 0 Å². The van der Waals surface area contributed by atoms with Crippen LogP contribution in [-0.2, 0) is 17.5 Å². The van der Waals surface area contributed by atoms with Crippen LogP contribution in [0.15, 0.2) is 11.6 Å². The summed E-state index contributed by atoms with van der Waals surface area (Å²) >= 11 is -1.08. The van der Waals surface area contributed by atoms with Crippen molar-refractivity contribution >= 4 is 0 Å². The quantitative estimate of drug-likeness (QED) is 0.667. The second-order valence-corrected chi connectivity index (χ2v) is 5.34. The third-order valence-corrected chi connectivity index (χ3v) is 4.18. The zero-order valence-electron chi connectivity index (χ0n) is 7.01. The molecule has 1 fully saturated rings. The summed E-state index contributed by atoms with van der Waals surface area (Å²) in [5, 5.41) is 1.62. The summed E-state index contributed by atoms with van der Waals surface area (Å²) in [6, 6.07) is 0. The van der Waals surface area contributed by atoms with Crippen molar-refractivity contribution in [3.05, 3.63) is 11.6 Å². The van der Waals surface area contributed by atoms with E-state index in [9.17, 15) is 3.87 Å². The molecule has 0 atom stereocenters. The molecular formula is C9H16CoO. The first-order chi connectivity index (χ1) is 5.24. The van der Waals surface area contributed by atoms with Gasteiger partial charge in [0.15, 0.2) is 0 Å². The van der Waals surface area contributed by atoms with Crippen molar-refractivity contribution in [3.8, 4) is 0 Å². The molecule has 0 aromatic carbocycles. The molecule has 0 N–H and O–H groups in total. The first-order valence-corrected chi connectivity index (χ1v) is 5.77. The Balaban J connectivity index is 2.38. The molecule has 1 saturated carbocycles. The summed E-state index contributed by atoms with van der Waals surface area (Å²) < 4.78 is 11.3. The summed E-state index contributed by atoms with van der Waals surface area (Å²) in [6.45, 7) is 5.84. The van der Waals surface area contributed by atoms with Gasteiger partial charge in [-0.15, -0.1) is 0 Å². The Bertz CT molecular complexity index is 157. The first-order valence-electron chi connectivity index (χ1n) is 4.14. The van der Waals surface area contributed by atoms with Gasteiger partial charge in [-0.3, -0.25) is 0 Å². The summed E-state index contributed by atoms with van der Waals surface area (Å²) in [5.74, 6) is 0.846. The van der Waals surface area contributed by atoms with E-state index in [4.69, 9.17) is 0 Å². The first kappa shape index (κ1) is 9.14. The van der Waals surface area contributed by atoms with Gasteiger partial charge in [-0.1, -0.05) is 0 Å². The molecule has 67 valence electrons. The Morgan fingerprint density at radius 3 is 2.36 bits per heavy atom. The van der Waals surface area contributed by atoms with Gasteiger partial charge in [0.1, 0.15) is 0 Å². The maximum absolute atomic E-state index is 11.3. The van der Waals surface area contributed by atoms with E-state index in [1.165, 1.54) is 12.8 Å². The van der Waals surface area contributed by atoms with Crippen LogP contribution < -0.4 is 0 Å². The molecule has 1 aliphatic carbocycles. The summed E-state index contributed by atoms with van der Waals surface area (Å²) in [7, 11) is 0. The molecule has 1 aliphatic rings. The fourth-order valence-electron chi connectivity index (χ4n) is 1.51. The molecule has 11 heavy (non-hydrogen) atoms. The van der Waals surface area contributed by atoms with Crippen LogP contribution in [0, 0.1) is 5.92 Å². The molecule has 2 heteroatoms. The summed E-state index contributed by atoms with van der Waals surface area (Å²) in [4.78, 5) is 0.441. The zero-order valence-corrected chi connectivity index (χ0v) is 8.05. The second kappa shape index (κ2) is 4.17. The van der Waals surface area contributed by atoms with Crippen LogP contribution in [0.25, 0.3) is 0 Å². The van der Waals surface area contributed by atoms with Gasteiger partial charge in [0, 0.05) is 0 Å². The Morgan fingerprint density at radius 1 is 1.36 bits per heavy atom. The average Bonchev–Trinajstić information content (AvgIpc) is 2.05. The van der Waals surface area contributed by atoms with Gasteiger partial charge in [0.05, 0.1) is 0 Å². The van der Waals surface area contributed by atoms with Gasteiger partial charge in [-0.05, 0) is 0 Å². The number of rotatable bonds is 2. The molecule has 0 saturated heterocycles. The second-order valence-electron chi connectivity index (χ2n) is 3.23. The SMILES string of the molecule is C=[CH][Co](=[O])[CH]1CCC(C)CC1. The van der Waals surface area contributed by atoms with E-state index < -0.39 is 13.6 Å². The topological polar surface area (TPSA) is 17.1 Å². The normalized spacial score (nSPS) is 33.0. The minimum atomic E-state index is -1.08. The van der Waals surface area contributed by atoms with Crippen molar-refractivity contribution in [3.63, 3.8) is 0 Å². The molecule has 0 heterocycles. The van der Waals surface area contributed by atoms with E-state index in [0.717, 1.165) is 18.8 Å². The van der Waals surface area contributed by atoms with E-state index in [0.29, 0.717) is 4.85 Å². The van der Waals surface area contributed by atoms with Crippen LogP contribution >= 0.6 is 0 Å². The van der Waals surface area contributed by atoms with Gasteiger partial charge in [-0.2, -0.15) is 0 Å². The van der Waals surface area contributed by atoms with E-state index in [1.54, 1.807) is 5.01 Å². The third-order valence-electron chi connectivity index (χ3n) is 2.32. The van der Waals surface area contributed by atoms with Crippen molar-refractivity contribution in [1.82, 2.24) is 0 Å². The molecule has 0 amide bonds. The van der Waals surface area contributed by atoms with Crippen molar-refractivity contribution < 1.29 is 17.5 Å². The van der Waals surface area contributed by atoms with Gasteiger partial charge in [-0.25, -0.2) is 0 Å². The summed E-state index contributed by atoms with van der Waals surface area (Å²) in [5.41, 5.74) is 0. The molecule has 0 radical (unpaired) electrons. The molecule has 0 aromatic heterocycles. The molecule has 1 rings (SSSR count). The van der Waals surface area contributed by atoms with E-state index in [-0.39, 0.29) is 0 Å². The maximum atomic E-state index is 11.3. The van der Waals surface area contributed by atoms with Crippen LogP contribution in [0.5, 0.6) is 0 Å². The van der Waals surface area contributed by atoms with E-state index in [1.807, 2.05) is 0 Å². The third kappa shape index (κ3) is 2.53. The molecule has 0 spiro atoms. The molecule has 0 aliphatic heterocycles. The van der Waals surface area contributed by atoms with Crippen LogP contribution in [0.4, 0.5) is 0 Å².